The second-order valence-corrected chi connectivity index (χ2v) is 10.1. The third-order valence-corrected chi connectivity index (χ3v) is 6.13. The largest absolute Gasteiger partial charge is 0.335 e. The maximum Gasteiger partial charge on any atom is 0.252 e. The highest BCUT2D eigenvalue weighted by Gasteiger charge is 2.23. The van der Waals surface area contributed by atoms with Crippen LogP contribution in [0.2, 0.25) is 5.02 Å². The van der Waals surface area contributed by atoms with E-state index in [-0.39, 0.29) is 22.4 Å². The number of pyridine rings is 2. The molecule has 34 heavy (non-hydrogen) atoms. The van der Waals surface area contributed by atoms with E-state index in [1.807, 2.05) is 26.8 Å². The van der Waals surface area contributed by atoms with Gasteiger partial charge >= 0.3 is 0 Å². The van der Waals surface area contributed by atoms with Gasteiger partial charge in [0.25, 0.3) is 5.56 Å². The first-order valence-electron chi connectivity index (χ1n) is 11.2. The molecule has 5 nitrogen and oxygen atoms in total. The molecule has 0 unspecified atom stereocenters. The summed E-state index contributed by atoms with van der Waals surface area (Å²) in [5.41, 5.74) is 2.37. The Hall–Kier alpha value is -3.25. The van der Waals surface area contributed by atoms with E-state index in [2.05, 4.69) is 6.58 Å². The van der Waals surface area contributed by atoms with Crippen LogP contribution in [0.4, 0.5) is 4.39 Å². The van der Waals surface area contributed by atoms with E-state index < -0.39 is 5.82 Å². The molecular formula is C27H27ClFN3O2. The first kappa shape index (κ1) is 23.9. The van der Waals surface area contributed by atoms with Crippen LogP contribution in [0, 0.1) is 11.2 Å². The summed E-state index contributed by atoms with van der Waals surface area (Å²) in [6.45, 7) is 11.1. The van der Waals surface area contributed by atoms with Crippen LogP contribution in [0.1, 0.15) is 32.8 Å². The average molecular weight is 480 g/mol. The van der Waals surface area contributed by atoms with Crippen molar-refractivity contribution in [3.05, 3.63) is 81.9 Å². The lowest BCUT2D eigenvalue weighted by Gasteiger charge is -2.27. The van der Waals surface area contributed by atoms with Crippen molar-refractivity contribution in [3.63, 3.8) is 0 Å². The predicted molar refractivity (Wildman–Crippen MR) is 135 cm³/mol. The minimum Gasteiger partial charge on any atom is -0.335 e. The highest BCUT2D eigenvalue weighted by Crippen LogP contribution is 2.35. The molecule has 2 aromatic heterocycles. The van der Waals surface area contributed by atoms with Crippen LogP contribution >= 0.6 is 11.6 Å². The highest BCUT2D eigenvalue weighted by molar-refractivity contribution is 6.33. The fourth-order valence-electron chi connectivity index (χ4n) is 4.24. The summed E-state index contributed by atoms with van der Waals surface area (Å²) in [6, 6.07) is 9.70. The van der Waals surface area contributed by atoms with Crippen LogP contribution in [-0.2, 0) is 11.3 Å². The molecule has 4 rings (SSSR count). The summed E-state index contributed by atoms with van der Waals surface area (Å²) in [4.78, 5) is 31.7. The quantitative estimate of drug-likeness (QED) is 0.451. The number of nitrogens with zero attached hydrogens (tertiary/aromatic N) is 3. The first-order valence-corrected chi connectivity index (χ1v) is 11.6. The van der Waals surface area contributed by atoms with E-state index in [9.17, 15) is 14.0 Å². The van der Waals surface area contributed by atoms with Crippen molar-refractivity contribution in [1.29, 1.82) is 0 Å². The highest BCUT2D eigenvalue weighted by atomic mass is 35.5. The molecule has 0 fully saturated rings. The Morgan fingerprint density at radius 3 is 2.59 bits per heavy atom. The third kappa shape index (κ3) is 4.68. The Morgan fingerprint density at radius 2 is 1.97 bits per heavy atom. The van der Waals surface area contributed by atoms with Crippen LogP contribution in [-0.4, -0.2) is 33.4 Å². The molecule has 7 heteroatoms. The lowest BCUT2D eigenvalue weighted by atomic mass is 9.94. The predicted octanol–water partition coefficient (Wildman–Crippen LogP) is 5.70. The van der Waals surface area contributed by atoms with E-state index in [4.69, 9.17) is 16.6 Å². The Balaban J connectivity index is 1.95. The molecule has 1 amide bonds. The number of carbonyl (C=O) groups excluding carboxylic acids is 1. The van der Waals surface area contributed by atoms with Crippen molar-refractivity contribution in [3.8, 4) is 11.3 Å². The SMILES string of the molecule is C=CC(=O)N1CC=C(c2cc(=O)n(CC(C)(C)C)c3nc(-c4ccccc4F)c(Cl)cc23)CC1. The fourth-order valence-corrected chi connectivity index (χ4v) is 4.50. The van der Waals surface area contributed by atoms with Gasteiger partial charge in [-0.3, -0.25) is 14.2 Å². The summed E-state index contributed by atoms with van der Waals surface area (Å²) >= 11 is 6.63. The number of benzene rings is 1. The van der Waals surface area contributed by atoms with E-state index in [0.29, 0.717) is 42.4 Å². The van der Waals surface area contributed by atoms with Gasteiger partial charge in [0.05, 0.1) is 10.7 Å². The average Bonchev–Trinajstić information content (AvgIpc) is 2.80. The van der Waals surface area contributed by atoms with Crippen LogP contribution in [0.5, 0.6) is 0 Å². The number of rotatable bonds is 4. The van der Waals surface area contributed by atoms with E-state index in [0.717, 1.165) is 16.5 Å². The Labute approximate surface area is 203 Å². The molecule has 0 spiro atoms. The molecule has 1 aliphatic rings. The fraction of sp³-hybridized carbons (Fsp3) is 0.296. The number of halogens is 2. The molecule has 0 N–H and O–H groups in total. The van der Waals surface area contributed by atoms with Gasteiger partial charge in [0.1, 0.15) is 11.5 Å². The molecular weight excluding hydrogens is 453 g/mol. The van der Waals surface area contributed by atoms with E-state index in [1.165, 1.54) is 12.1 Å². The van der Waals surface area contributed by atoms with Gasteiger partial charge in [-0.15, -0.1) is 0 Å². The van der Waals surface area contributed by atoms with Crippen molar-refractivity contribution >= 4 is 34.1 Å². The molecule has 0 saturated carbocycles. The Morgan fingerprint density at radius 1 is 1.24 bits per heavy atom. The molecule has 0 atom stereocenters. The van der Waals surface area contributed by atoms with E-state index in [1.54, 1.807) is 39.8 Å². The number of amides is 1. The van der Waals surface area contributed by atoms with Gasteiger partial charge in [-0.05, 0) is 47.2 Å². The van der Waals surface area contributed by atoms with Crippen LogP contribution in [0.15, 0.2) is 59.9 Å². The van der Waals surface area contributed by atoms with Crippen molar-refractivity contribution in [2.24, 2.45) is 5.41 Å². The zero-order chi connectivity index (χ0) is 24.6. The second kappa shape index (κ2) is 9.18. The normalized spacial score (nSPS) is 14.3. The molecule has 0 aliphatic carbocycles. The van der Waals surface area contributed by atoms with Gasteiger partial charge in [0, 0.05) is 36.7 Å². The number of carbonyl (C=O) groups is 1. The van der Waals surface area contributed by atoms with Gasteiger partial charge in [0.15, 0.2) is 0 Å². The second-order valence-electron chi connectivity index (χ2n) is 9.68. The Bertz CT molecular complexity index is 1390. The van der Waals surface area contributed by atoms with Gasteiger partial charge in [-0.1, -0.05) is 57.2 Å². The topological polar surface area (TPSA) is 55.2 Å². The molecule has 176 valence electrons. The maximum absolute atomic E-state index is 14.6. The summed E-state index contributed by atoms with van der Waals surface area (Å²) < 4.78 is 16.2. The number of hydrogen-bond donors (Lipinski definition) is 0. The maximum atomic E-state index is 14.6. The molecule has 0 bridgehead atoms. The van der Waals surface area contributed by atoms with Crippen LogP contribution in [0.25, 0.3) is 27.9 Å². The monoisotopic (exact) mass is 479 g/mol. The van der Waals surface area contributed by atoms with Crippen LogP contribution in [0.3, 0.4) is 0 Å². The summed E-state index contributed by atoms with van der Waals surface area (Å²) in [7, 11) is 0. The van der Waals surface area contributed by atoms with E-state index >= 15 is 0 Å². The summed E-state index contributed by atoms with van der Waals surface area (Å²) in [6.07, 6.45) is 3.84. The van der Waals surface area contributed by atoms with Gasteiger partial charge in [0.2, 0.25) is 5.91 Å². The van der Waals surface area contributed by atoms with Crippen molar-refractivity contribution in [1.82, 2.24) is 14.5 Å². The van der Waals surface area contributed by atoms with Gasteiger partial charge in [-0.25, -0.2) is 9.37 Å². The minimum absolute atomic E-state index is 0.125. The van der Waals surface area contributed by atoms with Crippen molar-refractivity contribution in [2.75, 3.05) is 13.1 Å². The summed E-state index contributed by atoms with van der Waals surface area (Å²) in [5.74, 6) is -0.556. The van der Waals surface area contributed by atoms with Crippen molar-refractivity contribution < 1.29 is 9.18 Å². The van der Waals surface area contributed by atoms with Gasteiger partial charge in [-0.2, -0.15) is 0 Å². The minimum atomic E-state index is -0.431. The standard InChI is InChI=1S/C27H27ClFN3O2/c1-5-23(33)31-12-10-17(11-13-31)19-15-24(34)32(16-27(2,3)4)26-20(19)14-21(28)25(30-26)18-8-6-7-9-22(18)29/h5-10,14-15H,1,11-13,16H2,2-4H3. The number of aromatic nitrogens is 2. The Kier molecular flexibility index (Phi) is 6.45. The number of hydrogen-bond acceptors (Lipinski definition) is 3. The molecule has 0 saturated heterocycles. The zero-order valence-electron chi connectivity index (χ0n) is 19.6. The molecule has 1 aliphatic heterocycles. The molecule has 3 heterocycles. The number of fused-ring (bicyclic) bond motifs is 1. The van der Waals surface area contributed by atoms with Crippen LogP contribution < -0.4 is 5.56 Å². The smallest absolute Gasteiger partial charge is 0.252 e. The van der Waals surface area contributed by atoms with Gasteiger partial charge < -0.3 is 4.90 Å². The lowest BCUT2D eigenvalue weighted by Crippen LogP contribution is -2.33. The molecule has 1 aromatic carbocycles. The lowest BCUT2D eigenvalue weighted by molar-refractivity contribution is -0.125. The third-order valence-electron chi connectivity index (χ3n) is 5.84. The molecule has 0 radical (unpaired) electrons. The zero-order valence-corrected chi connectivity index (χ0v) is 20.3. The molecule has 3 aromatic rings. The summed E-state index contributed by atoms with van der Waals surface area (Å²) in [5, 5.41) is 1.03. The van der Waals surface area contributed by atoms with Crippen molar-refractivity contribution in [2.45, 2.75) is 33.7 Å². The first-order chi connectivity index (χ1) is 16.1.